The molecule has 0 atom stereocenters. The van der Waals surface area contributed by atoms with E-state index in [1.807, 2.05) is 47.4 Å². The van der Waals surface area contributed by atoms with Crippen LogP contribution in [0.5, 0.6) is 0 Å². The summed E-state index contributed by atoms with van der Waals surface area (Å²) in [7, 11) is 0. The molecule has 0 radical (unpaired) electrons. The second-order valence-corrected chi connectivity index (χ2v) is 6.62. The van der Waals surface area contributed by atoms with Crippen LogP contribution in [0.25, 0.3) is 11.3 Å². The van der Waals surface area contributed by atoms with Crippen molar-refractivity contribution in [3.63, 3.8) is 0 Å². The van der Waals surface area contributed by atoms with Crippen LogP contribution in [0.3, 0.4) is 0 Å². The number of carbonyl (C=O) groups is 2. The van der Waals surface area contributed by atoms with Gasteiger partial charge in [0.25, 0.3) is 5.91 Å². The lowest BCUT2D eigenvalue weighted by Gasteiger charge is -2.15. The Labute approximate surface area is 157 Å². The topological polar surface area (TPSA) is 78.1 Å². The van der Waals surface area contributed by atoms with Crippen LogP contribution in [-0.2, 0) is 11.3 Å². The standard InChI is InChI=1S/C21H20N4O2/c26-20-2-1-13-25(20)14-15-3-5-17(6-4-15)21(27)23-18-9-7-16(8-10-18)19-11-12-22-24-19/h3-12H,1-2,13-14H2,(H,22,24)(H,23,27). The molecule has 2 amide bonds. The monoisotopic (exact) mass is 360 g/mol. The summed E-state index contributed by atoms with van der Waals surface area (Å²) in [5.74, 6) is 0.0449. The largest absolute Gasteiger partial charge is 0.338 e. The molecule has 0 saturated carbocycles. The fourth-order valence-corrected chi connectivity index (χ4v) is 3.21. The second kappa shape index (κ2) is 7.45. The highest BCUT2D eigenvalue weighted by Crippen LogP contribution is 2.20. The lowest BCUT2D eigenvalue weighted by atomic mass is 10.1. The van der Waals surface area contributed by atoms with E-state index in [1.54, 1.807) is 18.3 Å². The molecule has 27 heavy (non-hydrogen) atoms. The van der Waals surface area contributed by atoms with Gasteiger partial charge < -0.3 is 10.2 Å². The van der Waals surface area contributed by atoms with Gasteiger partial charge in [-0.1, -0.05) is 24.3 Å². The van der Waals surface area contributed by atoms with Crippen LogP contribution in [0.4, 0.5) is 5.69 Å². The fraction of sp³-hybridized carbons (Fsp3) is 0.190. The van der Waals surface area contributed by atoms with Crippen molar-refractivity contribution in [1.82, 2.24) is 15.1 Å². The highest BCUT2D eigenvalue weighted by molar-refractivity contribution is 6.04. The molecule has 3 aromatic rings. The lowest BCUT2D eigenvalue weighted by molar-refractivity contribution is -0.128. The molecule has 0 unspecified atom stereocenters. The molecule has 1 aliphatic heterocycles. The van der Waals surface area contributed by atoms with Gasteiger partial charge in [-0.3, -0.25) is 14.7 Å². The van der Waals surface area contributed by atoms with Crippen molar-refractivity contribution in [1.29, 1.82) is 0 Å². The van der Waals surface area contributed by atoms with E-state index < -0.39 is 0 Å². The van der Waals surface area contributed by atoms with Crippen molar-refractivity contribution in [2.24, 2.45) is 0 Å². The highest BCUT2D eigenvalue weighted by Gasteiger charge is 2.20. The zero-order valence-corrected chi connectivity index (χ0v) is 14.8. The van der Waals surface area contributed by atoms with E-state index in [4.69, 9.17) is 0 Å². The van der Waals surface area contributed by atoms with Crippen molar-refractivity contribution in [3.05, 3.63) is 71.9 Å². The number of nitrogens with one attached hydrogen (secondary N) is 2. The quantitative estimate of drug-likeness (QED) is 0.731. The predicted molar refractivity (Wildman–Crippen MR) is 103 cm³/mol. The molecule has 0 bridgehead atoms. The van der Waals surface area contributed by atoms with Crippen LogP contribution < -0.4 is 5.32 Å². The Morgan fingerprint density at radius 3 is 2.48 bits per heavy atom. The summed E-state index contributed by atoms with van der Waals surface area (Å²) in [4.78, 5) is 26.0. The van der Waals surface area contributed by atoms with Gasteiger partial charge in [-0.15, -0.1) is 0 Å². The lowest BCUT2D eigenvalue weighted by Crippen LogP contribution is -2.23. The molecule has 0 aliphatic carbocycles. The molecule has 6 heteroatoms. The van der Waals surface area contributed by atoms with Gasteiger partial charge in [0, 0.05) is 37.0 Å². The minimum atomic E-state index is -0.159. The number of hydrogen-bond donors (Lipinski definition) is 2. The third kappa shape index (κ3) is 3.89. The molecular formula is C21H20N4O2. The summed E-state index contributed by atoms with van der Waals surface area (Å²) < 4.78 is 0. The number of H-pyrrole nitrogens is 1. The van der Waals surface area contributed by atoms with Crippen LogP contribution >= 0.6 is 0 Å². The molecule has 4 rings (SSSR count). The van der Waals surface area contributed by atoms with Gasteiger partial charge >= 0.3 is 0 Å². The van der Waals surface area contributed by atoms with Crippen molar-refractivity contribution >= 4 is 17.5 Å². The maximum Gasteiger partial charge on any atom is 0.255 e. The molecule has 1 aromatic heterocycles. The van der Waals surface area contributed by atoms with Gasteiger partial charge in [0.1, 0.15) is 0 Å². The van der Waals surface area contributed by atoms with E-state index in [9.17, 15) is 9.59 Å². The fourth-order valence-electron chi connectivity index (χ4n) is 3.21. The van der Waals surface area contributed by atoms with E-state index in [2.05, 4.69) is 15.5 Å². The summed E-state index contributed by atoms with van der Waals surface area (Å²) in [5.41, 5.74) is 4.29. The molecule has 1 aliphatic rings. The predicted octanol–water partition coefficient (Wildman–Crippen LogP) is 3.45. The minimum absolute atomic E-state index is 0.159. The summed E-state index contributed by atoms with van der Waals surface area (Å²) in [6.45, 7) is 1.42. The van der Waals surface area contributed by atoms with Gasteiger partial charge in [-0.25, -0.2) is 0 Å². The summed E-state index contributed by atoms with van der Waals surface area (Å²) in [6, 6.07) is 16.9. The number of hydrogen-bond acceptors (Lipinski definition) is 3. The number of aromatic amines is 1. The van der Waals surface area contributed by atoms with E-state index in [1.165, 1.54) is 0 Å². The normalized spacial score (nSPS) is 13.8. The Kier molecular flexibility index (Phi) is 4.70. The number of aromatic nitrogens is 2. The van der Waals surface area contributed by atoms with Crippen LogP contribution in [0.1, 0.15) is 28.8 Å². The van der Waals surface area contributed by atoms with Gasteiger partial charge in [0.15, 0.2) is 0 Å². The third-order valence-electron chi connectivity index (χ3n) is 4.72. The van der Waals surface area contributed by atoms with Gasteiger partial charge in [-0.05, 0) is 47.9 Å². The molecule has 0 spiro atoms. The third-order valence-corrected chi connectivity index (χ3v) is 4.72. The average molecular weight is 360 g/mol. The van der Waals surface area contributed by atoms with Crippen LogP contribution in [0.2, 0.25) is 0 Å². The summed E-state index contributed by atoms with van der Waals surface area (Å²) in [5, 5.41) is 9.75. The van der Waals surface area contributed by atoms with Crippen molar-refractivity contribution in [2.45, 2.75) is 19.4 Å². The second-order valence-electron chi connectivity index (χ2n) is 6.62. The number of amides is 2. The number of nitrogens with zero attached hydrogens (tertiary/aromatic N) is 2. The summed E-state index contributed by atoms with van der Waals surface area (Å²) >= 11 is 0. The van der Waals surface area contributed by atoms with Crippen molar-refractivity contribution in [2.75, 3.05) is 11.9 Å². The zero-order valence-electron chi connectivity index (χ0n) is 14.8. The first-order valence-corrected chi connectivity index (χ1v) is 8.97. The van der Waals surface area contributed by atoms with Crippen molar-refractivity contribution in [3.8, 4) is 11.3 Å². The van der Waals surface area contributed by atoms with Gasteiger partial charge in [-0.2, -0.15) is 5.10 Å². The number of rotatable bonds is 5. The SMILES string of the molecule is O=C(Nc1ccc(-c2ccn[nH]2)cc1)c1ccc(CN2CCCC2=O)cc1. The number of likely N-dealkylation sites (tertiary alicyclic amines) is 1. The van der Waals surface area contributed by atoms with Crippen LogP contribution in [0, 0.1) is 0 Å². The Morgan fingerprint density at radius 1 is 1.07 bits per heavy atom. The molecule has 2 N–H and O–H groups in total. The minimum Gasteiger partial charge on any atom is -0.338 e. The van der Waals surface area contributed by atoms with Crippen LogP contribution in [-0.4, -0.2) is 33.5 Å². The Bertz CT molecular complexity index is 931. The first kappa shape index (κ1) is 17.0. The maximum absolute atomic E-state index is 12.4. The Hall–Kier alpha value is -3.41. The van der Waals surface area contributed by atoms with Gasteiger partial charge in [0.05, 0.1) is 5.69 Å². The Morgan fingerprint density at radius 2 is 1.85 bits per heavy atom. The molecule has 136 valence electrons. The Balaban J connectivity index is 1.38. The van der Waals surface area contributed by atoms with Crippen molar-refractivity contribution < 1.29 is 9.59 Å². The zero-order chi connectivity index (χ0) is 18.6. The average Bonchev–Trinajstić information content (AvgIpc) is 3.36. The number of benzene rings is 2. The van der Waals surface area contributed by atoms with E-state index in [0.717, 1.165) is 35.5 Å². The first-order chi connectivity index (χ1) is 13.2. The molecule has 6 nitrogen and oxygen atoms in total. The van der Waals surface area contributed by atoms with Gasteiger partial charge in [0.2, 0.25) is 5.91 Å². The van der Waals surface area contributed by atoms with E-state index in [-0.39, 0.29) is 11.8 Å². The van der Waals surface area contributed by atoms with Crippen LogP contribution in [0.15, 0.2) is 60.8 Å². The molecule has 2 heterocycles. The summed E-state index contributed by atoms with van der Waals surface area (Å²) in [6.07, 6.45) is 3.27. The molecular weight excluding hydrogens is 340 g/mol. The number of carbonyl (C=O) groups excluding carboxylic acids is 2. The molecule has 1 fully saturated rings. The number of anilines is 1. The maximum atomic E-state index is 12.4. The highest BCUT2D eigenvalue weighted by atomic mass is 16.2. The first-order valence-electron chi connectivity index (χ1n) is 8.97. The molecule has 2 aromatic carbocycles. The van der Waals surface area contributed by atoms with E-state index in [0.29, 0.717) is 18.5 Å². The smallest absolute Gasteiger partial charge is 0.255 e. The van der Waals surface area contributed by atoms with E-state index >= 15 is 0 Å². The molecule has 1 saturated heterocycles.